The van der Waals surface area contributed by atoms with Crippen molar-refractivity contribution in [1.29, 1.82) is 0 Å². The first kappa shape index (κ1) is 35.6. The number of hydrogen-bond donors (Lipinski definition) is 0. The molecule has 1 saturated carbocycles. The average Bonchev–Trinajstić information content (AvgIpc) is 2.87. The maximum atomic E-state index is 13.5. The van der Waals surface area contributed by atoms with E-state index in [0.29, 0.717) is 0 Å². The maximum absolute atomic E-state index is 13.5. The van der Waals surface area contributed by atoms with Gasteiger partial charge < -0.3 is 37.9 Å². The fourth-order valence-corrected chi connectivity index (χ4v) is 5.92. The molecule has 10 atom stereocenters. The molecule has 0 aromatic rings. The maximum Gasteiger partial charge on any atom is 0.523 e. The van der Waals surface area contributed by atoms with E-state index >= 15 is 0 Å². The molecule has 2 aliphatic heterocycles. The van der Waals surface area contributed by atoms with E-state index in [0.717, 1.165) is 56.1 Å². The number of rotatable bonds is 8. The lowest BCUT2D eigenvalue weighted by Gasteiger charge is -2.61. The van der Waals surface area contributed by atoms with Crippen molar-refractivity contribution in [3.8, 4) is 0 Å². The second-order valence-electron chi connectivity index (χ2n) is 9.85. The molecule has 0 amide bonds. The lowest BCUT2D eigenvalue weighted by Crippen LogP contribution is -2.80. The molecule has 0 N–H and O–H groups in total. The third-order valence-corrected chi connectivity index (χ3v) is 9.72. The van der Waals surface area contributed by atoms with Gasteiger partial charge in [-0.25, -0.2) is 0 Å². The number of ether oxygens (including phenoxy) is 8. The summed E-state index contributed by atoms with van der Waals surface area (Å²) in [7, 11) is -8.85. The van der Waals surface area contributed by atoms with Crippen LogP contribution in [0.4, 0.5) is 26.3 Å². The summed E-state index contributed by atoms with van der Waals surface area (Å²) in [5.74, 6) is -8.52. The number of alkyl halides is 6. The van der Waals surface area contributed by atoms with E-state index in [9.17, 15) is 43.2 Å². The number of halogens is 6. The van der Waals surface area contributed by atoms with Crippen LogP contribution in [0.15, 0.2) is 0 Å². The molecule has 0 bridgehead atoms. The molecule has 0 radical (unpaired) electrons. The Bertz CT molecular complexity index is 1090. The predicted octanol–water partition coefficient (Wildman–Crippen LogP) is 1.49. The monoisotopic (exact) mass is 672 g/mol. The Morgan fingerprint density at radius 2 is 0.690 bits per heavy atom. The molecule has 2 unspecified atom stereocenters. The van der Waals surface area contributed by atoms with Gasteiger partial charge in [0.15, 0.2) is 0 Å². The molecular weight excluding hydrogens is 642 g/mol. The molecule has 3 aliphatic rings. The van der Waals surface area contributed by atoms with Gasteiger partial charge in [0.1, 0.15) is 36.6 Å². The van der Waals surface area contributed by atoms with Gasteiger partial charge >= 0.3 is 31.3 Å². The van der Waals surface area contributed by atoms with Crippen LogP contribution < -0.4 is 0 Å². The van der Waals surface area contributed by atoms with Crippen LogP contribution in [0.25, 0.3) is 0 Å². The van der Waals surface area contributed by atoms with E-state index in [2.05, 4.69) is 8.37 Å². The number of fused-ring (bicyclic) bond motifs is 2. The number of hydrogen-bond acceptors (Lipinski definition) is 14. The molecule has 0 aromatic heterocycles. The molecule has 0 spiro atoms. The van der Waals surface area contributed by atoms with E-state index in [1.165, 1.54) is 0 Å². The van der Waals surface area contributed by atoms with Gasteiger partial charge in [0.05, 0.1) is 0 Å². The van der Waals surface area contributed by atoms with Gasteiger partial charge in [-0.2, -0.15) is 43.2 Å². The van der Waals surface area contributed by atoms with Crippen molar-refractivity contribution >= 4 is 20.2 Å². The number of methoxy groups -OCH3 is 4. The van der Waals surface area contributed by atoms with Crippen LogP contribution >= 0.6 is 0 Å². The summed E-state index contributed by atoms with van der Waals surface area (Å²) in [5.41, 5.74) is -12.0. The lowest BCUT2D eigenvalue weighted by atomic mass is 9.81. The van der Waals surface area contributed by atoms with Crippen molar-refractivity contribution in [3.63, 3.8) is 0 Å². The summed E-state index contributed by atoms with van der Waals surface area (Å²) in [6, 6.07) is 0. The van der Waals surface area contributed by atoms with E-state index in [1.807, 2.05) is 0 Å². The fraction of sp³-hybridized carbons (Fsp3) is 1.00. The first-order valence-corrected chi connectivity index (χ1v) is 14.5. The van der Waals surface area contributed by atoms with Gasteiger partial charge in [-0.3, -0.25) is 8.37 Å². The summed E-state index contributed by atoms with van der Waals surface area (Å²) in [6.07, 6.45) is -13.8. The van der Waals surface area contributed by atoms with E-state index in [-0.39, 0.29) is 0 Å². The highest BCUT2D eigenvalue weighted by molar-refractivity contribution is 7.87. The summed E-state index contributed by atoms with van der Waals surface area (Å²) in [5, 5.41) is 0. The van der Waals surface area contributed by atoms with Crippen molar-refractivity contribution < 1.29 is 89.4 Å². The average molecular weight is 673 g/mol. The second kappa shape index (κ2) is 10.9. The zero-order chi connectivity index (χ0) is 32.5. The Labute approximate surface area is 236 Å². The minimum absolute atomic E-state index is 1.03. The van der Waals surface area contributed by atoms with Crippen LogP contribution in [-0.4, -0.2) is 116 Å². The molecule has 22 heteroatoms. The Morgan fingerprint density at radius 1 is 0.500 bits per heavy atom. The Morgan fingerprint density at radius 3 is 0.833 bits per heavy atom. The van der Waals surface area contributed by atoms with Crippen LogP contribution in [0.2, 0.25) is 0 Å². The smallest absolute Gasteiger partial charge is 0.349 e. The fourth-order valence-electron chi connectivity index (χ4n) is 4.68. The highest BCUT2D eigenvalue weighted by atomic mass is 32.2. The van der Waals surface area contributed by atoms with Crippen molar-refractivity contribution in [2.24, 2.45) is 0 Å². The molecule has 14 nitrogen and oxygen atoms in total. The quantitative estimate of drug-likeness (QED) is 0.207. The zero-order valence-corrected chi connectivity index (χ0v) is 24.9. The molecular formula is C20H30F6O14S2. The van der Waals surface area contributed by atoms with Crippen LogP contribution in [-0.2, 0) is 66.5 Å². The molecule has 3 fully saturated rings. The molecule has 248 valence electrons. The molecule has 2 heterocycles. The van der Waals surface area contributed by atoms with Crippen molar-refractivity contribution in [2.75, 3.05) is 28.4 Å². The highest BCUT2D eigenvalue weighted by Gasteiger charge is 2.72. The minimum Gasteiger partial charge on any atom is -0.349 e. The second-order valence-corrected chi connectivity index (χ2v) is 13.0. The SMILES string of the molecule is CO[C@@]1(C)O[C@@H]2C(OS(=O)(=O)C(F)(F)F)[C@@H]3O[C@@](C)(OC)[C@](C)(OC)O[C@H]3C(OS(=O)(=O)C(F)(F)F)[C@H]2O[C@]1(C)OC. The van der Waals surface area contributed by atoms with Crippen LogP contribution in [0.5, 0.6) is 0 Å². The normalized spacial score (nSPS) is 43.5. The third-order valence-electron chi connectivity index (χ3n) is 7.64. The minimum atomic E-state index is -6.49. The van der Waals surface area contributed by atoms with Crippen molar-refractivity contribution in [2.45, 2.75) is 98.5 Å². The Kier molecular flexibility index (Phi) is 9.19. The van der Waals surface area contributed by atoms with Crippen LogP contribution in [0.1, 0.15) is 27.7 Å². The predicted molar refractivity (Wildman–Crippen MR) is 121 cm³/mol. The molecule has 2 saturated heterocycles. The first-order chi connectivity index (χ1) is 18.8. The first-order valence-electron chi connectivity index (χ1n) is 11.7. The largest absolute Gasteiger partial charge is 0.523 e. The summed E-state index contributed by atoms with van der Waals surface area (Å²) >= 11 is 0. The summed E-state index contributed by atoms with van der Waals surface area (Å²) < 4.78 is 183. The Hall–Kier alpha value is -0.920. The van der Waals surface area contributed by atoms with Gasteiger partial charge in [0.25, 0.3) is 0 Å². The molecule has 1 aliphatic carbocycles. The summed E-state index contributed by atoms with van der Waals surface area (Å²) in [4.78, 5) is 0. The molecule has 3 rings (SSSR count). The van der Waals surface area contributed by atoms with E-state index < -0.39 is 91.0 Å². The third kappa shape index (κ3) is 5.55. The lowest BCUT2D eigenvalue weighted by molar-refractivity contribution is -0.500. The van der Waals surface area contributed by atoms with Gasteiger partial charge in [0, 0.05) is 28.4 Å². The topological polar surface area (TPSA) is 161 Å². The highest BCUT2D eigenvalue weighted by Crippen LogP contribution is 2.51. The van der Waals surface area contributed by atoms with Gasteiger partial charge in [0.2, 0.25) is 23.1 Å². The van der Waals surface area contributed by atoms with Crippen LogP contribution in [0, 0.1) is 0 Å². The van der Waals surface area contributed by atoms with Crippen LogP contribution in [0.3, 0.4) is 0 Å². The standard InChI is InChI=1S/C20H30F6O14S2/c1-15(31-5)16(2,32-6)36-10-9(35-15)13(39-41(27,28)19(21,22)23)11-12(14(10)40-42(29,30)20(24,25)26)38-18(4,34-8)17(3,33-7)37-11/h9-14H,1-8H3/t9-,10-,11+,12+,13?,14?,15-,16-,17+,18+. The van der Waals surface area contributed by atoms with E-state index in [4.69, 9.17) is 37.9 Å². The van der Waals surface area contributed by atoms with Crippen molar-refractivity contribution in [3.05, 3.63) is 0 Å². The van der Waals surface area contributed by atoms with E-state index in [1.54, 1.807) is 0 Å². The Balaban J connectivity index is 2.32. The summed E-state index contributed by atoms with van der Waals surface area (Å²) in [6.45, 7) is 4.54. The zero-order valence-electron chi connectivity index (χ0n) is 23.3. The molecule has 42 heavy (non-hydrogen) atoms. The van der Waals surface area contributed by atoms with Gasteiger partial charge in [-0.1, -0.05) is 0 Å². The van der Waals surface area contributed by atoms with Crippen molar-refractivity contribution in [1.82, 2.24) is 0 Å². The van der Waals surface area contributed by atoms with Gasteiger partial charge in [-0.15, -0.1) is 0 Å². The van der Waals surface area contributed by atoms with Gasteiger partial charge in [-0.05, 0) is 27.7 Å². The molecule has 0 aromatic carbocycles.